The van der Waals surface area contributed by atoms with E-state index in [0.717, 1.165) is 11.0 Å². The van der Waals surface area contributed by atoms with Crippen LogP contribution >= 0.6 is 0 Å². The zero-order valence-electron chi connectivity index (χ0n) is 18.5. The topological polar surface area (TPSA) is 73.1 Å². The van der Waals surface area contributed by atoms with Crippen LogP contribution < -0.4 is 4.74 Å². The van der Waals surface area contributed by atoms with Gasteiger partial charge in [-0.25, -0.2) is 22.5 Å². The fourth-order valence-corrected chi connectivity index (χ4v) is 3.24. The molecule has 1 amide bonds. The van der Waals surface area contributed by atoms with Gasteiger partial charge < -0.3 is 9.64 Å². The van der Waals surface area contributed by atoms with Gasteiger partial charge in [0.2, 0.25) is 5.88 Å². The Kier molecular flexibility index (Phi) is 6.99. The number of amides is 1. The second-order valence-corrected chi connectivity index (χ2v) is 7.56. The van der Waals surface area contributed by atoms with Crippen LogP contribution in [0.2, 0.25) is 0 Å². The summed E-state index contributed by atoms with van der Waals surface area (Å²) < 4.78 is 61.2. The van der Waals surface area contributed by atoms with Gasteiger partial charge in [0.1, 0.15) is 23.7 Å². The number of halogens is 4. The smallest absolute Gasteiger partial charge is 0.272 e. The number of hydrogen-bond acceptors (Lipinski definition) is 5. The monoisotopic (exact) mass is 465 g/mol. The first-order valence-electron chi connectivity index (χ1n) is 10.2. The third-order valence-electron chi connectivity index (χ3n) is 5.07. The van der Waals surface area contributed by atoms with Gasteiger partial charge in [0.15, 0.2) is 5.82 Å². The number of pyridine rings is 1. The molecule has 1 atom stereocenters. The maximum absolute atomic E-state index is 15.0. The lowest BCUT2D eigenvalue weighted by Crippen LogP contribution is -2.42. The Morgan fingerprint density at radius 1 is 1.24 bits per heavy atom. The molecule has 0 saturated heterocycles. The minimum atomic E-state index is -3.25. The molecule has 2 heterocycles. The van der Waals surface area contributed by atoms with Crippen molar-refractivity contribution >= 4 is 5.91 Å². The van der Waals surface area contributed by atoms with Crippen molar-refractivity contribution in [2.24, 2.45) is 0 Å². The Morgan fingerprint density at radius 3 is 2.48 bits per heavy atom. The molecule has 0 spiro atoms. The van der Waals surface area contributed by atoms with Crippen molar-refractivity contribution < 1.29 is 27.1 Å². The highest BCUT2D eigenvalue weighted by Gasteiger charge is 2.29. The predicted octanol–water partition coefficient (Wildman–Crippen LogP) is 4.29. The van der Waals surface area contributed by atoms with Gasteiger partial charge in [0.05, 0.1) is 18.4 Å². The van der Waals surface area contributed by atoms with Crippen LogP contribution in [0.5, 0.6) is 5.88 Å². The van der Waals surface area contributed by atoms with E-state index in [9.17, 15) is 18.0 Å². The number of alkyl halides is 2. The summed E-state index contributed by atoms with van der Waals surface area (Å²) in [6.07, 6.45) is 3.64. The highest BCUT2D eigenvalue weighted by Crippen LogP contribution is 2.29. The van der Waals surface area contributed by atoms with Gasteiger partial charge in [-0.1, -0.05) is 6.07 Å². The summed E-state index contributed by atoms with van der Waals surface area (Å²) in [5.41, 5.74) is -0.351. The number of carbonyl (C=O) groups is 1. The first-order chi connectivity index (χ1) is 15.5. The summed E-state index contributed by atoms with van der Waals surface area (Å²) >= 11 is 0. The lowest BCUT2D eigenvalue weighted by molar-refractivity contribution is 0.0165. The second-order valence-electron chi connectivity index (χ2n) is 7.56. The Hall–Kier alpha value is -3.50. The lowest BCUT2D eigenvalue weighted by Gasteiger charge is -2.29. The average molecular weight is 465 g/mol. The van der Waals surface area contributed by atoms with Crippen LogP contribution in [0.25, 0.3) is 5.69 Å². The van der Waals surface area contributed by atoms with Gasteiger partial charge >= 0.3 is 0 Å². The van der Waals surface area contributed by atoms with Crippen molar-refractivity contribution in [3.8, 4) is 11.6 Å². The van der Waals surface area contributed by atoms with Crippen LogP contribution in [-0.4, -0.2) is 50.0 Å². The molecule has 0 bridgehead atoms. The zero-order valence-corrected chi connectivity index (χ0v) is 18.5. The number of aryl methyl sites for hydroxylation is 1. The van der Waals surface area contributed by atoms with Crippen molar-refractivity contribution in [3.05, 3.63) is 65.1 Å². The average Bonchev–Trinajstić information content (AvgIpc) is 3.29. The van der Waals surface area contributed by atoms with E-state index in [1.165, 1.54) is 30.3 Å². The summed E-state index contributed by atoms with van der Waals surface area (Å²) in [6, 6.07) is 3.09. The molecule has 0 aliphatic heterocycles. The van der Waals surface area contributed by atoms with Crippen molar-refractivity contribution in [3.63, 3.8) is 0 Å². The van der Waals surface area contributed by atoms with Crippen LogP contribution in [0.4, 0.5) is 17.6 Å². The third-order valence-corrected chi connectivity index (χ3v) is 5.07. The molecule has 1 aromatic carbocycles. The molecule has 0 fully saturated rings. The highest BCUT2D eigenvalue weighted by molar-refractivity contribution is 5.98. The van der Waals surface area contributed by atoms with Gasteiger partial charge in [0.25, 0.3) is 11.8 Å². The van der Waals surface area contributed by atoms with Crippen LogP contribution in [0, 0.1) is 18.6 Å². The summed E-state index contributed by atoms with van der Waals surface area (Å²) in [5, 5.41) is 7.96. The van der Waals surface area contributed by atoms with Gasteiger partial charge in [-0.3, -0.25) is 4.79 Å². The maximum atomic E-state index is 15.0. The van der Waals surface area contributed by atoms with E-state index in [4.69, 9.17) is 4.74 Å². The Labute approximate surface area is 188 Å². The second kappa shape index (κ2) is 9.55. The van der Waals surface area contributed by atoms with Crippen molar-refractivity contribution in [2.75, 3.05) is 13.2 Å². The first-order valence-corrected chi connectivity index (χ1v) is 10.2. The van der Waals surface area contributed by atoms with Crippen molar-refractivity contribution in [1.29, 1.82) is 0 Å². The lowest BCUT2D eigenvalue weighted by atomic mass is 10.1. The summed E-state index contributed by atoms with van der Waals surface area (Å²) in [6.45, 7) is 5.49. The van der Waals surface area contributed by atoms with E-state index >= 15 is 4.39 Å². The minimum Gasteiger partial charge on any atom is -0.473 e. The fraction of sp³-hybridized carbons (Fsp3) is 0.364. The molecule has 0 radical (unpaired) electrons. The van der Waals surface area contributed by atoms with Crippen molar-refractivity contribution in [2.45, 2.75) is 39.7 Å². The number of carbonyl (C=O) groups excluding carboxylic acids is 1. The summed E-state index contributed by atoms with van der Waals surface area (Å²) in [7, 11) is 0. The maximum Gasteiger partial charge on any atom is 0.272 e. The van der Waals surface area contributed by atoms with Gasteiger partial charge in [-0.15, -0.1) is 0 Å². The molecule has 0 aliphatic rings. The largest absolute Gasteiger partial charge is 0.473 e. The Balaban J connectivity index is 1.83. The van der Waals surface area contributed by atoms with Crippen LogP contribution in [0.1, 0.15) is 42.3 Å². The molecular weight excluding hydrogens is 442 g/mol. The Bertz CT molecular complexity index is 1130. The number of aromatic nitrogens is 4. The molecule has 11 heteroatoms. The normalized spacial score (nSPS) is 12.5. The number of likely N-dealkylation sites (N-methyl/N-ethyl adjacent to an activating group) is 1. The SMILES string of the molecule is CCN(C(=O)c1c(-n2nccn2)ccc(C)c1F)[C@@H](C)COc1ncc(C(C)(F)F)cc1F. The Morgan fingerprint density at radius 2 is 1.91 bits per heavy atom. The molecule has 0 aliphatic carbocycles. The van der Waals surface area contributed by atoms with E-state index in [0.29, 0.717) is 13.0 Å². The summed E-state index contributed by atoms with van der Waals surface area (Å²) in [4.78, 5) is 19.4. The number of nitrogens with zero attached hydrogens (tertiary/aromatic N) is 5. The number of benzene rings is 1. The van der Waals surface area contributed by atoms with E-state index in [-0.39, 0.29) is 30.0 Å². The van der Waals surface area contributed by atoms with Crippen molar-refractivity contribution in [1.82, 2.24) is 24.9 Å². The number of ether oxygens (including phenoxy) is 1. The van der Waals surface area contributed by atoms with Crippen LogP contribution in [0.15, 0.2) is 36.8 Å². The number of rotatable bonds is 8. The molecule has 7 nitrogen and oxygen atoms in total. The molecule has 33 heavy (non-hydrogen) atoms. The molecule has 3 rings (SSSR count). The molecule has 176 valence electrons. The van der Waals surface area contributed by atoms with E-state index < -0.39 is 40.9 Å². The first kappa shape index (κ1) is 24.1. The van der Waals surface area contributed by atoms with Gasteiger partial charge in [0, 0.05) is 25.2 Å². The molecule has 0 N–H and O–H groups in total. The van der Waals surface area contributed by atoms with Crippen LogP contribution in [0.3, 0.4) is 0 Å². The number of hydrogen-bond donors (Lipinski definition) is 0. The highest BCUT2D eigenvalue weighted by atomic mass is 19.3. The van der Waals surface area contributed by atoms with Gasteiger partial charge in [-0.2, -0.15) is 15.0 Å². The van der Waals surface area contributed by atoms with Gasteiger partial charge in [-0.05, 0) is 38.5 Å². The molecule has 2 aromatic heterocycles. The van der Waals surface area contributed by atoms with E-state index in [1.54, 1.807) is 19.9 Å². The standard InChI is InChI=1S/C22H23F4N5O2/c1-5-30(14(3)12-33-20-16(23)10-15(11-27-20)22(4,25)26)21(32)18-17(31-28-8-9-29-31)7-6-13(2)19(18)24/h6-11,14H,5,12H2,1-4H3/t14-/m0/s1. The minimum absolute atomic E-state index is 0.170. The zero-order chi connectivity index (χ0) is 24.3. The molecule has 0 saturated carbocycles. The fourth-order valence-electron chi connectivity index (χ4n) is 3.24. The molecule has 0 unspecified atom stereocenters. The van der Waals surface area contributed by atoms with Crippen LogP contribution in [-0.2, 0) is 5.92 Å². The molecule has 3 aromatic rings. The molecular formula is C22H23F4N5O2. The predicted molar refractivity (Wildman–Crippen MR) is 111 cm³/mol. The van der Waals surface area contributed by atoms with E-state index in [2.05, 4.69) is 15.2 Å². The van der Waals surface area contributed by atoms with E-state index in [1.807, 2.05) is 0 Å². The summed E-state index contributed by atoms with van der Waals surface area (Å²) in [5.74, 6) is -6.10. The third kappa shape index (κ3) is 5.12. The quantitative estimate of drug-likeness (QED) is 0.464.